The number of methoxy groups -OCH3 is 1. The standard InChI is InChI=1S/C28H35N3O/c1-4-5-8-20-17-19(2)26-24(18-20)28(30-27(29-26)22-11-12-22)31-15-13-21(14-16-31)23-9-6-7-10-25(23)32-3/h6-7,9-10,17-18,21-22H,4-5,8,11-16H2,1-3H3. The molecular formula is C28H35N3O. The van der Waals surface area contributed by atoms with Crippen LogP contribution in [0.25, 0.3) is 10.9 Å². The lowest BCUT2D eigenvalue weighted by Crippen LogP contribution is -2.34. The van der Waals surface area contributed by atoms with Gasteiger partial charge in [-0.3, -0.25) is 0 Å². The number of ether oxygens (including phenoxy) is 1. The van der Waals surface area contributed by atoms with E-state index in [2.05, 4.69) is 55.1 Å². The van der Waals surface area contributed by atoms with E-state index in [1.165, 1.54) is 47.8 Å². The van der Waals surface area contributed by atoms with Crippen LogP contribution in [0.4, 0.5) is 5.82 Å². The number of para-hydroxylation sites is 1. The molecule has 2 aliphatic rings. The quantitative estimate of drug-likeness (QED) is 0.427. The molecule has 4 heteroatoms. The first-order valence-corrected chi connectivity index (χ1v) is 12.4. The van der Waals surface area contributed by atoms with Crippen LogP contribution in [0.2, 0.25) is 0 Å². The van der Waals surface area contributed by atoms with Crippen molar-refractivity contribution in [2.45, 2.75) is 70.6 Å². The van der Waals surface area contributed by atoms with Gasteiger partial charge in [-0.2, -0.15) is 0 Å². The van der Waals surface area contributed by atoms with E-state index in [9.17, 15) is 0 Å². The van der Waals surface area contributed by atoms with Gasteiger partial charge in [0.1, 0.15) is 17.4 Å². The number of aryl methyl sites for hydroxylation is 2. The third kappa shape index (κ3) is 4.20. The number of hydrogen-bond acceptors (Lipinski definition) is 4. The molecule has 2 heterocycles. The minimum Gasteiger partial charge on any atom is -0.496 e. The zero-order valence-electron chi connectivity index (χ0n) is 19.7. The number of anilines is 1. The maximum Gasteiger partial charge on any atom is 0.140 e. The predicted molar refractivity (Wildman–Crippen MR) is 132 cm³/mol. The second-order valence-electron chi connectivity index (χ2n) is 9.60. The van der Waals surface area contributed by atoms with E-state index in [0.29, 0.717) is 11.8 Å². The van der Waals surface area contributed by atoms with Crippen molar-refractivity contribution < 1.29 is 4.74 Å². The van der Waals surface area contributed by atoms with Crippen LogP contribution < -0.4 is 9.64 Å². The smallest absolute Gasteiger partial charge is 0.140 e. The normalized spacial score (nSPS) is 17.2. The second-order valence-corrected chi connectivity index (χ2v) is 9.60. The molecule has 32 heavy (non-hydrogen) atoms. The van der Waals surface area contributed by atoms with Gasteiger partial charge in [0.05, 0.1) is 12.6 Å². The molecule has 0 radical (unpaired) electrons. The van der Waals surface area contributed by atoms with Crippen LogP contribution >= 0.6 is 0 Å². The fourth-order valence-electron chi connectivity index (χ4n) is 5.18. The largest absolute Gasteiger partial charge is 0.496 e. The van der Waals surface area contributed by atoms with Gasteiger partial charge in [-0.1, -0.05) is 37.6 Å². The molecule has 5 rings (SSSR count). The number of aromatic nitrogens is 2. The Hall–Kier alpha value is -2.62. The molecule has 1 saturated heterocycles. The molecule has 0 spiro atoms. The van der Waals surface area contributed by atoms with Crippen LogP contribution in [0.5, 0.6) is 5.75 Å². The molecule has 4 nitrogen and oxygen atoms in total. The summed E-state index contributed by atoms with van der Waals surface area (Å²) in [7, 11) is 1.78. The van der Waals surface area contributed by atoms with Crippen molar-refractivity contribution in [1.29, 1.82) is 0 Å². The molecule has 0 bridgehead atoms. The zero-order chi connectivity index (χ0) is 22.1. The van der Waals surface area contributed by atoms with E-state index in [1.54, 1.807) is 7.11 Å². The lowest BCUT2D eigenvalue weighted by atomic mass is 9.88. The summed E-state index contributed by atoms with van der Waals surface area (Å²) in [5.74, 6) is 4.34. The first kappa shape index (κ1) is 21.2. The average molecular weight is 430 g/mol. The van der Waals surface area contributed by atoms with E-state index >= 15 is 0 Å². The number of benzene rings is 2. The highest BCUT2D eigenvalue weighted by Crippen LogP contribution is 2.42. The molecule has 1 aliphatic carbocycles. The first-order chi connectivity index (χ1) is 15.7. The molecule has 2 fully saturated rings. The van der Waals surface area contributed by atoms with Crippen LogP contribution in [0, 0.1) is 6.92 Å². The second kappa shape index (κ2) is 9.09. The lowest BCUT2D eigenvalue weighted by Gasteiger charge is -2.34. The number of piperidine rings is 1. The molecular weight excluding hydrogens is 394 g/mol. The van der Waals surface area contributed by atoms with Crippen molar-refractivity contribution >= 4 is 16.7 Å². The van der Waals surface area contributed by atoms with Crippen LogP contribution in [0.1, 0.15) is 79.8 Å². The van der Waals surface area contributed by atoms with Crippen LogP contribution in [-0.2, 0) is 6.42 Å². The Balaban J connectivity index is 1.47. The third-order valence-electron chi connectivity index (χ3n) is 7.18. The van der Waals surface area contributed by atoms with Gasteiger partial charge in [-0.25, -0.2) is 9.97 Å². The van der Waals surface area contributed by atoms with Crippen LogP contribution in [0.15, 0.2) is 36.4 Å². The van der Waals surface area contributed by atoms with Crippen molar-refractivity contribution in [2.24, 2.45) is 0 Å². The van der Waals surface area contributed by atoms with Gasteiger partial charge in [0.15, 0.2) is 0 Å². The molecule has 1 aromatic heterocycles. The highest BCUT2D eigenvalue weighted by atomic mass is 16.5. The fraction of sp³-hybridized carbons (Fsp3) is 0.500. The molecule has 168 valence electrons. The Morgan fingerprint density at radius 3 is 2.50 bits per heavy atom. The Morgan fingerprint density at radius 2 is 1.78 bits per heavy atom. The summed E-state index contributed by atoms with van der Waals surface area (Å²) in [6, 6.07) is 13.2. The molecule has 1 aliphatic heterocycles. The summed E-state index contributed by atoms with van der Waals surface area (Å²) in [6.07, 6.45) is 8.29. The van der Waals surface area contributed by atoms with E-state index < -0.39 is 0 Å². The summed E-state index contributed by atoms with van der Waals surface area (Å²) in [5.41, 5.74) is 5.22. The van der Waals surface area contributed by atoms with Gasteiger partial charge in [0, 0.05) is 24.4 Å². The highest BCUT2D eigenvalue weighted by molar-refractivity contribution is 5.92. The van der Waals surface area contributed by atoms with Gasteiger partial charge >= 0.3 is 0 Å². The fourth-order valence-corrected chi connectivity index (χ4v) is 5.18. The summed E-state index contributed by atoms with van der Waals surface area (Å²) in [4.78, 5) is 12.7. The molecule has 0 atom stereocenters. The van der Waals surface area contributed by atoms with Crippen molar-refractivity contribution in [1.82, 2.24) is 9.97 Å². The minimum absolute atomic E-state index is 0.542. The molecule has 1 saturated carbocycles. The Labute approximate surface area is 192 Å². The van der Waals surface area contributed by atoms with Crippen molar-refractivity contribution in [3.63, 3.8) is 0 Å². The minimum atomic E-state index is 0.542. The summed E-state index contributed by atoms with van der Waals surface area (Å²) in [6.45, 7) is 6.53. The zero-order valence-corrected chi connectivity index (χ0v) is 19.7. The van der Waals surface area contributed by atoms with Crippen LogP contribution in [0.3, 0.4) is 0 Å². The number of rotatable bonds is 7. The van der Waals surface area contributed by atoms with Gasteiger partial charge < -0.3 is 9.64 Å². The van der Waals surface area contributed by atoms with Crippen molar-refractivity contribution in [3.8, 4) is 5.75 Å². The average Bonchev–Trinajstić information content (AvgIpc) is 3.68. The summed E-state index contributed by atoms with van der Waals surface area (Å²) < 4.78 is 5.64. The number of unbranched alkanes of at least 4 members (excludes halogenated alkanes) is 1. The van der Waals surface area contributed by atoms with Crippen molar-refractivity contribution in [2.75, 3.05) is 25.1 Å². The van der Waals surface area contributed by atoms with Crippen molar-refractivity contribution in [3.05, 3.63) is 58.9 Å². The van der Waals surface area contributed by atoms with Gasteiger partial charge in [0.2, 0.25) is 0 Å². The topological polar surface area (TPSA) is 38.2 Å². The molecule has 0 N–H and O–H groups in total. The number of hydrogen-bond donors (Lipinski definition) is 0. The molecule has 0 amide bonds. The molecule has 2 aromatic carbocycles. The Bertz CT molecular complexity index is 1100. The van der Waals surface area contributed by atoms with Gasteiger partial charge in [-0.05, 0) is 80.2 Å². The van der Waals surface area contributed by atoms with E-state index in [-0.39, 0.29) is 0 Å². The predicted octanol–water partition coefficient (Wildman–Crippen LogP) is 6.55. The van der Waals surface area contributed by atoms with Crippen LogP contribution in [-0.4, -0.2) is 30.2 Å². The lowest BCUT2D eigenvalue weighted by molar-refractivity contribution is 0.397. The Morgan fingerprint density at radius 1 is 1.00 bits per heavy atom. The number of fused-ring (bicyclic) bond motifs is 1. The third-order valence-corrected chi connectivity index (χ3v) is 7.18. The summed E-state index contributed by atoms with van der Waals surface area (Å²) >= 11 is 0. The first-order valence-electron chi connectivity index (χ1n) is 12.4. The molecule has 0 unspecified atom stereocenters. The van der Waals surface area contributed by atoms with E-state index in [4.69, 9.17) is 14.7 Å². The van der Waals surface area contributed by atoms with E-state index in [0.717, 1.165) is 55.3 Å². The number of nitrogens with zero attached hydrogens (tertiary/aromatic N) is 3. The van der Waals surface area contributed by atoms with Gasteiger partial charge in [-0.15, -0.1) is 0 Å². The summed E-state index contributed by atoms with van der Waals surface area (Å²) in [5, 5.41) is 1.25. The van der Waals surface area contributed by atoms with E-state index in [1.807, 2.05) is 0 Å². The SMILES string of the molecule is CCCCc1cc(C)c2nc(C3CC3)nc(N3CCC(c4ccccc4OC)CC3)c2c1. The monoisotopic (exact) mass is 429 g/mol. The Kier molecular flexibility index (Phi) is 6.03. The molecule has 3 aromatic rings. The highest BCUT2D eigenvalue weighted by Gasteiger charge is 2.30. The maximum absolute atomic E-state index is 5.64. The maximum atomic E-state index is 5.64. The van der Waals surface area contributed by atoms with Gasteiger partial charge in [0.25, 0.3) is 0 Å².